The van der Waals surface area contributed by atoms with Crippen molar-refractivity contribution in [2.45, 2.75) is 45.3 Å². The van der Waals surface area contributed by atoms with E-state index in [0.29, 0.717) is 11.5 Å². The topological polar surface area (TPSA) is 26.3 Å². The minimum Gasteiger partial charge on any atom is -0.369 e. The van der Waals surface area contributed by atoms with Gasteiger partial charge < -0.3 is 4.74 Å². The van der Waals surface area contributed by atoms with E-state index in [0.717, 1.165) is 6.42 Å². The molecular formula is C11H20O2S. The summed E-state index contributed by atoms with van der Waals surface area (Å²) in [5.74, 6) is 0.992. The number of ether oxygens (including phenoxy) is 1. The van der Waals surface area contributed by atoms with Crippen LogP contribution in [0.5, 0.6) is 0 Å². The Balaban J connectivity index is 2.75. The van der Waals surface area contributed by atoms with E-state index in [9.17, 15) is 4.79 Å². The van der Waals surface area contributed by atoms with Crippen molar-refractivity contribution in [1.82, 2.24) is 0 Å². The molecule has 0 saturated carbocycles. The molecule has 0 aromatic carbocycles. The van der Waals surface area contributed by atoms with Crippen molar-refractivity contribution >= 4 is 17.5 Å². The molecule has 0 amide bonds. The molecule has 0 spiro atoms. The molecule has 0 aromatic heterocycles. The Hall–Kier alpha value is -0.0200. The van der Waals surface area contributed by atoms with E-state index in [4.69, 9.17) is 4.74 Å². The van der Waals surface area contributed by atoms with Crippen LogP contribution in [0.15, 0.2) is 0 Å². The summed E-state index contributed by atoms with van der Waals surface area (Å²) in [5, 5.41) is 0. The van der Waals surface area contributed by atoms with E-state index >= 15 is 0 Å². The second kappa shape index (κ2) is 3.86. The molecule has 1 heterocycles. The predicted molar refractivity (Wildman–Crippen MR) is 60.7 cm³/mol. The summed E-state index contributed by atoms with van der Waals surface area (Å²) in [7, 11) is 0. The number of carbonyl (C=O) groups excluding carboxylic acids is 1. The minimum absolute atomic E-state index is 0.0601. The fourth-order valence-corrected chi connectivity index (χ4v) is 2.79. The summed E-state index contributed by atoms with van der Waals surface area (Å²) >= 11 is 1.59. The Morgan fingerprint density at radius 1 is 1.43 bits per heavy atom. The molecule has 2 nitrogen and oxygen atoms in total. The number of thioether (sulfide) groups is 1. The van der Waals surface area contributed by atoms with Crippen LogP contribution in [0.25, 0.3) is 0 Å². The maximum Gasteiger partial charge on any atom is 0.148 e. The van der Waals surface area contributed by atoms with Crippen LogP contribution in [0.4, 0.5) is 0 Å². The van der Waals surface area contributed by atoms with E-state index in [1.165, 1.54) is 0 Å². The van der Waals surface area contributed by atoms with Gasteiger partial charge in [0.15, 0.2) is 0 Å². The average Bonchev–Trinajstić information content (AvgIpc) is 2.19. The van der Waals surface area contributed by atoms with E-state index in [1.54, 1.807) is 11.8 Å². The zero-order valence-corrected chi connectivity index (χ0v) is 10.5. The van der Waals surface area contributed by atoms with Crippen molar-refractivity contribution in [3.8, 4) is 0 Å². The molecule has 3 heteroatoms. The van der Waals surface area contributed by atoms with Crippen LogP contribution in [0.1, 0.15) is 34.1 Å². The largest absolute Gasteiger partial charge is 0.369 e. The van der Waals surface area contributed by atoms with Gasteiger partial charge in [-0.1, -0.05) is 0 Å². The van der Waals surface area contributed by atoms with Crippen molar-refractivity contribution < 1.29 is 9.53 Å². The van der Waals surface area contributed by atoms with Crippen LogP contribution in [0.2, 0.25) is 0 Å². The third-order valence-corrected chi connectivity index (χ3v) is 3.32. The molecule has 0 radical (unpaired) electrons. The maximum atomic E-state index is 11.8. The van der Waals surface area contributed by atoms with Gasteiger partial charge in [-0.3, -0.25) is 4.79 Å². The van der Waals surface area contributed by atoms with Gasteiger partial charge in [0.2, 0.25) is 0 Å². The lowest BCUT2D eigenvalue weighted by atomic mass is 9.84. The SMILES string of the molecule is CSCC(=O)C1CC(C)(C)OC1(C)C. The van der Waals surface area contributed by atoms with Gasteiger partial charge in [-0.2, -0.15) is 11.8 Å². The third kappa shape index (κ3) is 2.51. The highest BCUT2D eigenvalue weighted by atomic mass is 32.2. The Bertz CT molecular complexity index is 233. The van der Waals surface area contributed by atoms with Gasteiger partial charge in [-0.15, -0.1) is 0 Å². The average molecular weight is 216 g/mol. The minimum atomic E-state index is -0.295. The summed E-state index contributed by atoms with van der Waals surface area (Å²) in [4.78, 5) is 11.8. The number of hydrogen-bond donors (Lipinski definition) is 0. The van der Waals surface area contributed by atoms with Crippen LogP contribution >= 0.6 is 11.8 Å². The lowest BCUT2D eigenvalue weighted by Crippen LogP contribution is -2.34. The highest BCUT2D eigenvalue weighted by Crippen LogP contribution is 2.42. The van der Waals surface area contributed by atoms with Crippen LogP contribution in [-0.2, 0) is 9.53 Å². The summed E-state index contributed by atoms with van der Waals surface area (Å²) in [5.41, 5.74) is -0.446. The normalized spacial score (nSPS) is 29.1. The Kier molecular flexibility index (Phi) is 3.32. The van der Waals surface area contributed by atoms with Gasteiger partial charge >= 0.3 is 0 Å². The first-order chi connectivity index (χ1) is 6.28. The summed E-state index contributed by atoms with van der Waals surface area (Å²) < 4.78 is 5.89. The Labute approximate surface area is 90.8 Å². The molecule has 1 atom stereocenters. The van der Waals surface area contributed by atoms with Crippen LogP contribution in [0.3, 0.4) is 0 Å². The van der Waals surface area contributed by atoms with Gasteiger partial charge in [0.25, 0.3) is 0 Å². The molecule has 1 saturated heterocycles. The van der Waals surface area contributed by atoms with Crippen LogP contribution < -0.4 is 0 Å². The molecule has 0 bridgehead atoms. The van der Waals surface area contributed by atoms with E-state index in [-0.39, 0.29) is 17.1 Å². The van der Waals surface area contributed by atoms with Gasteiger partial charge in [-0.25, -0.2) is 0 Å². The fourth-order valence-electron chi connectivity index (χ4n) is 2.31. The maximum absolute atomic E-state index is 11.8. The van der Waals surface area contributed by atoms with Crippen molar-refractivity contribution in [2.24, 2.45) is 5.92 Å². The lowest BCUT2D eigenvalue weighted by Gasteiger charge is -2.26. The summed E-state index contributed by atoms with van der Waals surface area (Å²) in [6, 6.07) is 0. The molecule has 1 rings (SSSR count). The number of Topliss-reactive ketones (excluding diaryl/α,β-unsaturated/α-hetero) is 1. The number of ketones is 1. The standard InChI is InChI=1S/C11H20O2S/c1-10(2)6-8(9(12)7-14-5)11(3,4)13-10/h8H,6-7H2,1-5H3. The van der Waals surface area contributed by atoms with Gasteiger partial charge in [-0.05, 0) is 40.4 Å². The summed E-state index contributed by atoms with van der Waals surface area (Å²) in [6.07, 6.45) is 2.81. The van der Waals surface area contributed by atoms with Crippen LogP contribution in [-0.4, -0.2) is 29.0 Å². The predicted octanol–water partition coefficient (Wildman–Crippen LogP) is 2.51. The number of rotatable bonds is 3. The molecule has 1 unspecified atom stereocenters. The molecule has 0 aromatic rings. The third-order valence-electron chi connectivity index (χ3n) is 2.75. The second-order valence-electron chi connectivity index (χ2n) is 5.12. The molecule has 1 aliphatic heterocycles. The first-order valence-electron chi connectivity index (χ1n) is 5.00. The van der Waals surface area contributed by atoms with Crippen molar-refractivity contribution in [3.63, 3.8) is 0 Å². The molecule has 0 aliphatic carbocycles. The van der Waals surface area contributed by atoms with E-state index in [1.807, 2.05) is 20.1 Å². The molecular weight excluding hydrogens is 196 g/mol. The molecule has 0 N–H and O–H groups in total. The molecule has 1 aliphatic rings. The van der Waals surface area contributed by atoms with Gasteiger partial charge in [0.1, 0.15) is 5.78 Å². The summed E-state index contributed by atoms with van der Waals surface area (Å²) in [6.45, 7) is 8.15. The lowest BCUT2D eigenvalue weighted by molar-refractivity contribution is -0.126. The van der Waals surface area contributed by atoms with E-state index in [2.05, 4.69) is 13.8 Å². The van der Waals surface area contributed by atoms with Gasteiger partial charge in [0, 0.05) is 5.92 Å². The monoisotopic (exact) mass is 216 g/mol. The Morgan fingerprint density at radius 3 is 2.36 bits per heavy atom. The fraction of sp³-hybridized carbons (Fsp3) is 0.909. The molecule has 82 valence electrons. The first-order valence-corrected chi connectivity index (χ1v) is 6.40. The molecule has 1 fully saturated rings. The van der Waals surface area contributed by atoms with Gasteiger partial charge in [0.05, 0.1) is 17.0 Å². The number of carbonyl (C=O) groups is 1. The van der Waals surface area contributed by atoms with E-state index < -0.39 is 0 Å². The number of hydrogen-bond acceptors (Lipinski definition) is 3. The Morgan fingerprint density at radius 2 is 2.00 bits per heavy atom. The van der Waals surface area contributed by atoms with Crippen molar-refractivity contribution in [1.29, 1.82) is 0 Å². The zero-order chi connectivity index (χ0) is 11.0. The van der Waals surface area contributed by atoms with Crippen molar-refractivity contribution in [2.75, 3.05) is 12.0 Å². The second-order valence-corrected chi connectivity index (χ2v) is 5.99. The molecule has 14 heavy (non-hydrogen) atoms. The first kappa shape index (κ1) is 12.1. The van der Waals surface area contributed by atoms with Crippen LogP contribution in [0, 0.1) is 5.92 Å². The highest BCUT2D eigenvalue weighted by Gasteiger charge is 2.48. The quantitative estimate of drug-likeness (QED) is 0.725. The van der Waals surface area contributed by atoms with Crippen molar-refractivity contribution in [3.05, 3.63) is 0 Å². The smallest absolute Gasteiger partial charge is 0.148 e. The highest BCUT2D eigenvalue weighted by molar-refractivity contribution is 7.99. The zero-order valence-electron chi connectivity index (χ0n) is 9.72.